The first-order valence-corrected chi connectivity index (χ1v) is 9.36. The fourth-order valence-electron chi connectivity index (χ4n) is 2.69. The lowest BCUT2D eigenvalue weighted by Gasteiger charge is -2.26. The van der Waals surface area contributed by atoms with Crippen molar-refractivity contribution in [3.63, 3.8) is 0 Å². The maximum absolute atomic E-state index is 12.6. The second-order valence-electron chi connectivity index (χ2n) is 6.48. The third-order valence-electron chi connectivity index (χ3n) is 4.34. The van der Waals surface area contributed by atoms with Gasteiger partial charge in [-0.05, 0) is 30.4 Å². The average molecular weight is 385 g/mol. The summed E-state index contributed by atoms with van der Waals surface area (Å²) < 4.78 is 10.7. The zero-order chi connectivity index (χ0) is 20.2. The number of nitrogens with zero attached hydrogens (tertiary/aromatic N) is 1. The standard InChI is InChI=1S/C22H27NO5/c1-23(22(26)28-17-19-12-6-3-7-13-19)20(14-8-9-15-24)21(25)27-16-18-10-4-2-5-11-18/h2-7,10-13,20,24H,8-9,14-17H2,1H3. The number of aliphatic hydroxyl groups excluding tert-OH is 1. The van der Waals surface area contributed by atoms with Crippen LogP contribution in [0.4, 0.5) is 4.79 Å². The summed E-state index contributed by atoms with van der Waals surface area (Å²) in [6, 6.07) is 17.9. The van der Waals surface area contributed by atoms with Crippen molar-refractivity contribution in [2.24, 2.45) is 0 Å². The molecule has 1 N–H and O–H groups in total. The third-order valence-corrected chi connectivity index (χ3v) is 4.34. The summed E-state index contributed by atoms with van der Waals surface area (Å²) in [6.07, 6.45) is 0.952. The molecule has 1 atom stereocenters. The maximum Gasteiger partial charge on any atom is 0.410 e. The lowest BCUT2D eigenvalue weighted by atomic mass is 10.1. The summed E-state index contributed by atoms with van der Waals surface area (Å²) in [4.78, 5) is 26.3. The van der Waals surface area contributed by atoms with Crippen molar-refractivity contribution < 1.29 is 24.2 Å². The van der Waals surface area contributed by atoms with Crippen LogP contribution in [0.1, 0.15) is 30.4 Å². The van der Waals surface area contributed by atoms with Crippen LogP contribution in [0.5, 0.6) is 0 Å². The van der Waals surface area contributed by atoms with Crippen LogP contribution in [0, 0.1) is 0 Å². The second kappa shape index (κ2) is 11.8. The lowest BCUT2D eigenvalue weighted by molar-refractivity contribution is -0.150. The molecule has 0 fully saturated rings. The molecule has 2 rings (SSSR count). The van der Waals surface area contributed by atoms with E-state index < -0.39 is 18.1 Å². The molecule has 0 saturated carbocycles. The largest absolute Gasteiger partial charge is 0.459 e. The molecule has 0 aromatic heterocycles. The van der Waals surface area contributed by atoms with E-state index in [2.05, 4.69) is 0 Å². The molecular weight excluding hydrogens is 358 g/mol. The van der Waals surface area contributed by atoms with Crippen LogP contribution >= 0.6 is 0 Å². The van der Waals surface area contributed by atoms with Crippen LogP contribution in [-0.2, 0) is 27.5 Å². The molecule has 0 spiro atoms. The van der Waals surface area contributed by atoms with E-state index in [0.29, 0.717) is 19.3 Å². The molecule has 0 radical (unpaired) electrons. The molecule has 0 aliphatic rings. The number of likely N-dealkylation sites (N-methyl/N-ethyl adjacent to an activating group) is 1. The fourth-order valence-corrected chi connectivity index (χ4v) is 2.69. The van der Waals surface area contributed by atoms with Crippen LogP contribution in [0.15, 0.2) is 60.7 Å². The van der Waals surface area contributed by atoms with Crippen LogP contribution in [0.25, 0.3) is 0 Å². The molecular formula is C22H27NO5. The van der Waals surface area contributed by atoms with E-state index in [4.69, 9.17) is 14.6 Å². The molecule has 0 heterocycles. The first-order valence-electron chi connectivity index (χ1n) is 9.36. The Bertz CT molecular complexity index is 720. The van der Waals surface area contributed by atoms with Gasteiger partial charge in [-0.15, -0.1) is 0 Å². The number of aliphatic hydroxyl groups is 1. The van der Waals surface area contributed by atoms with Crippen molar-refractivity contribution in [2.45, 2.75) is 38.5 Å². The Balaban J connectivity index is 1.94. The van der Waals surface area contributed by atoms with E-state index in [-0.39, 0.29) is 19.8 Å². The number of amides is 1. The van der Waals surface area contributed by atoms with E-state index in [1.54, 1.807) is 0 Å². The smallest absolute Gasteiger partial charge is 0.410 e. The van der Waals surface area contributed by atoms with E-state index in [9.17, 15) is 9.59 Å². The summed E-state index contributed by atoms with van der Waals surface area (Å²) in [5.41, 5.74) is 1.74. The lowest BCUT2D eigenvalue weighted by Crippen LogP contribution is -2.43. The fraction of sp³-hybridized carbons (Fsp3) is 0.364. The highest BCUT2D eigenvalue weighted by Gasteiger charge is 2.29. The van der Waals surface area contributed by atoms with Gasteiger partial charge >= 0.3 is 12.1 Å². The first-order chi connectivity index (χ1) is 13.6. The number of carbonyl (C=O) groups excluding carboxylic acids is 2. The number of unbranched alkanes of at least 4 members (excludes halogenated alkanes) is 1. The highest BCUT2D eigenvalue weighted by atomic mass is 16.6. The van der Waals surface area contributed by atoms with Gasteiger partial charge in [-0.3, -0.25) is 4.90 Å². The Morgan fingerprint density at radius 3 is 1.96 bits per heavy atom. The summed E-state index contributed by atoms with van der Waals surface area (Å²) in [5, 5.41) is 9.01. The Morgan fingerprint density at radius 1 is 0.893 bits per heavy atom. The van der Waals surface area contributed by atoms with E-state index in [1.807, 2.05) is 60.7 Å². The van der Waals surface area contributed by atoms with Crippen LogP contribution in [0.2, 0.25) is 0 Å². The highest BCUT2D eigenvalue weighted by Crippen LogP contribution is 2.13. The van der Waals surface area contributed by atoms with Gasteiger partial charge in [0.15, 0.2) is 0 Å². The zero-order valence-electron chi connectivity index (χ0n) is 16.1. The molecule has 1 amide bonds. The minimum Gasteiger partial charge on any atom is -0.459 e. The molecule has 0 aliphatic carbocycles. The van der Waals surface area contributed by atoms with Crippen molar-refractivity contribution in [3.8, 4) is 0 Å². The van der Waals surface area contributed by atoms with E-state index >= 15 is 0 Å². The Labute approximate surface area is 165 Å². The van der Waals surface area contributed by atoms with Crippen molar-refractivity contribution in [3.05, 3.63) is 71.8 Å². The maximum atomic E-state index is 12.6. The van der Waals surface area contributed by atoms with Gasteiger partial charge in [0.2, 0.25) is 0 Å². The van der Waals surface area contributed by atoms with Gasteiger partial charge in [0, 0.05) is 13.7 Å². The van der Waals surface area contributed by atoms with Crippen molar-refractivity contribution in [1.82, 2.24) is 4.90 Å². The normalized spacial score (nSPS) is 11.5. The van der Waals surface area contributed by atoms with Gasteiger partial charge in [0.1, 0.15) is 19.3 Å². The van der Waals surface area contributed by atoms with Gasteiger partial charge in [-0.1, -0.05) is 60.7 Å². The number of esters is 1. The Morgan fingerprint density at radius 2 is 1.43 bits per heavy atom. The summed E-state index contributed by atoms with van der Waals surface area (Å²) in [6.45, 7) is 0.309. The van der Waals surface area contributed by atoms with Crippen molar-refractivity contribution in [2.75, 3.05) is 13.7 Å². The average Bonchev–Trinajstić information content (AvgIpc) is 2.74. The molecule has 28 heavy (non-hydrogen) atoms. The SMILES string of the molecule is CN(C(=O)OCc1ccccc1)C(CCCCO)C(=O)OCc1ccccc1. The minimum absolute atomic E-state index is 0.0357. The van der Waals surface area contributed by atoms with E-state index in [0.717, 1.165) is 11.1 Å². The van der Waals surface area contributed by atoms with Gasteiger partial charge in [0.05, 0.1) is 0 Å². The van der Waals surface area contributed by atoms with Gasteiger partial charge < -0.3 is 14.6 Å². The summed E-state index contributed by atoms with van der Waals surface area (Å²) >= 11 is 0. The molecule has 6 heteroatoms. The van der Waals surface area contributed by atoms with Crippen molar-refractivity contribution >= 4 is 12.1 Å². The topological polar surface area (TPSA) is 76.1 Å². The van der Waals surface area contributed by atoms with Gasteiger partial charge in [-0.2, -0.15) is 0 Å². The number of carbonyl (C=O) groups is 2. The molecule has 2 aromatic carbocycles. The zero-order valence-corrected chi connectivity index (χ0v) is 16.1. The van der Waals surface area contributed by atoms with Gasteiger partial charge in [0.25, 0.3) is 0 Å². The number of benzene rings is 2. The Hall–Kier alpha value is -2.86. The monoisotopic (exact) mass is 385 g/mol. The van der Waals surface area contributed by atoms with Crippen LogP contribution in [-0.4, -0.2) is 41.8 Å². The van der Waals surface area contributed by atoms with Crippen molar-refractivity contribution in [1.29, 1.82) is 0 Å². The van der Waals surface area contributed by atoms with E-state index in [1.165, 1.54) is 11.9 Å². The quantitative estimate of drug-likeness (QED) is 0.500. The first kappa shape index (κ1) is 21.4. The minimum atomic E-state index is -0.765. The predicted molar refractivity (Wildman–Crippen MR) is 105 cm³/mol. The van der Waals surface area contributed by atoms with Gasteiger partial charge in [-0.25, -0.2) is 9.59 Å². The predicted octanol–water partition coefficient (Wildman–Crippen LogP) is 3.53. The number of ether oxygens (including phenoxy) is 2. The number of rotatable bonds is 10. The summed E-state index contributed by atoms with van der Waals surface area (Å²) in [5.74, 6) is -0.485. The highest BCUT2D eigenvalue weighted by molar-refractivity contribution is 5.81. The molecule has 2 aromatic rings. The number of hydrogen-bond acceptors (Lipinski definition) is 5. The molecule has 0 aliphatic heterocycles. The molecule has 6 nitrogen and oxygen atoms in total. The molecule has 1 unspecified atom stereocenters. The Kier molecular flexibility index (Phi) is 9.01. The van der Waals surface area contributed by atoms with Crippen LogP contribution in [0.3, 0.4) is 0 Å². The molecule has 150 valence electrons. The molecule has 0 saturated heterocycles. The second-order valence-corrected chi connectivity index (χ2v) is 6.48. The third kappa shape index (κ3) is 7.04. The number of hydrogen-bond donors (Lipinski definition) is 1. The summed E-state index contributed by atoms with van der Waals surface area (Å²) in [7, 11) is 1.53. The molecule has 0 bridgehead atoms. The van der Waals surface area contributed by atoms with Crippen LogP contribution < -0.4 is 0 Å².